The molecule has 0 rings (SSSR count). The molecule has 0 unspecified atom stereocenters. The molecule has 32 valence electrons. The third-order valence-corrected chi connectivity index (χ3v) is 0.567. The summed E-state index contributed by atoms with van der Waals surface area (Å²) in [5.41, 5.74) is 0. The molecule has 0 radical (unpaired) electrons. The molecule has 6 heavy (non-hydrogen) atoms. The van der Waals surface area contributed by atoms with E-state index < -0.39 is 5.97 Å². The SMILES string of the molecule is O=C([O-])CBr.[Tl+]. The number of aliphatic carboxylic acids is 1. The largest absolute Gasteiger partial charge is 1.00 e. The molecule has 0 atom stereocenters. The summed E-state index contributed by atoms with van der Waals surface area (Å²) in [4.78, 5) is 9.21. The van der Waals surface area contributed by atoms with E-state index in [2.05, 4.69) is 15.9 Å². The molecule has 0 fully saturated rings. The molecule has 0 aliphatic rings. The zero-order valence-corrected chi connectivity index (χ0v) is 9.05. The summed E-state index contributed by atoms with van der Waals surface area (Å²) in [6.45, 7) is 0. The zero-order chi connectivity index (χ0) is 4.28. The molecule has 0 aliphatic carbocycles. The number of alkyl halides is 1. The van der Waals surface area contributed by atoms with Crippen molar-refractivity contribution < 1.29 is 9.90 Å². The Morgan fingerprint density at radius 2 is 2.00 bits per heavy atom. The first-order valence-corrected chi connectivity index (χ1v) is 2.15. The minimum atomic E-state index is -1.08. The molecule has 0 bridgehead atoms. The Morgan fingerprint density at radius 1 is 1.83 bits per heavy atom. The van der Waals surface area contributed by atoms with Crippen LogP contribution < -0.4 is 5.11 Å². The van der Waals surface area contributed by atoms with Gasteiger partial charge in [0.05, 0.1) is 5.97 Å². The number of carboxylic acid groups (broad SMARTS) is 1. The van der Waals surface area contributed by atoms with Crippen LogP contribution >= 0.6 is 15.9 Å². The summed E-state index contributed by atoms with van der Waals surface area (Å²) in [7, 11) is 0. The Labute approximate surface area is 64.2 Å². The van der Waals surface area contributed by atoms with E-state index >= 15 is 0 Å². The average Bonchev–Trinajstić information content (AvgIpc) is 1.38. The van der Waals surface area contributed by atoms with Crippen molar-refractivity contribution in [3.05, 3.63) is 0 Å². The Hall–Kier alpha value is 0.872. The molecule has 0 spiro atoms. The second-order valence-corrected chi connectivity index (χ2v) is 1.07. The Kier molecular flexibility index (Phi) is 9.77. The van der Waals surface area contributed by atoms with Gasteiger partial charge in [-0.15, -0.1) is 0 Å². The standard InChI is InChI=1S/C2H3BrO2.Tl/c3-1-2(4)5;/h1H2,(H,4,5);/q;+1/p-1. The quantitative estimate of drug-likeness (QED) is 0.441. The van der Waals surface area contributed by atoms with Crippen LogP contribution in [0.15, 0.2) is 0 Å². The monoisotopic (exact) mass is 342 g/mol. The van der Waals surface area contributed by atoms with Gasteiger partial charge in [0.25, 0.3) is 0 Å². The molecule has 0 saturated heterocycles. The van der Waals surface area contributed by atoms with Gasteiger partial charge in [-0.2, -0.15) is 0 Å². The Bertz CT molecular complexity index is 46.8. The number of rotatable bonds is 1. The van der Waals surface area contributed by atoms with Crippen molar-refractivity contribution in [1.29, 1.82) is 0 Å². The van der Waals surface area contributed by atoms with Gasteiger partial charge in [0.2, 0.25) is 0 Å². The van der Waals surface area contributed by atoms with E-state index in [0.717, 1.165) is 0 Å². The molecule has 0 N–H and O–H groups in total. The number of carboxylic acids is 1. The predicted octanol–water partition coefficient (Wildman–Crippen LogP) is -1.25. The van der Waals surface area contributed by atoms with E-state index in [4.69, 9.17) is 0 Å². The van der Waals surface area contributed by atoms with E-state index in [1.54, 1.807) is 0 Å². The second kappa shape index (κ2) is 5.87. The van der Waals surface area contributed by atoms with Crippen molar-refractivity contribution in [2.75, 3.05) is 5.33 Å². The van der Waals surface area contributed by atoms with Gasteiger partial charge in [-0.1, -0.05) is 15.9 Å². The van der Waals surface area contributed by atoms with Gasteiger partial charge >= 0.3 is 27.3 Å². The number of hydrogen-bond acceptors (Lipinski definition) is 2. The summed E-state index contributed by atoms with van der Waals surface area (Å²) in [6, 6.07) is 0. The minimum absolute atomic E-state index is 0. The third-order valence-electron chi connectivity index (χ3n) is 0.109. The van der Waals surface area contributed by atoms with Crippen LogP contribution in [0.2, 0.25) is 0 Å². The van der Waals surface area contributed by atoms with Gasteiger partial charge in [0, 0.05) is 5.33 Å². The molecular weight excluding hydrogens is 340 g/mol. The number of hydrogen-bond donors (Lipinski definition) is 0. The van der Waals surface area contributed by atoms with Crippen LogP contribution in [0.3, 0.4) is 0 Å². The zero-order valence-electron chi connectivity index (χ0n) is 2.98. The first kappa shape index (κ1) is 9.98. The van der Waals surface area contributed by atoms with Crippen LogP contribution in [-0.2, 0) is 4.79 Å². The third kappa shape index (κ3) is 8.86. The van der Waals surface area contributed by atoms with Gasteiger partial charge in [-0.25, -0.2) is 0 Å². The number of carbonyl (C=O) groups excluding carboxylic acids is 1. The molecule has 0 amide bonds. The van der Waals surface area contributed by atoms with Crippen molar-refractivity contribution in [3.8, 4) is 0 Å². The van der Waals surface area contributed by atoms with Crippen molar-refractivity contribution in [2.45, 2.75) is 0 Å². The van der Waals surface area contributed by atoms with E-state index in [9.17, 15) is 9.90 Å². The average molecular weight is 342 g/mol. The maximum atomic E-state index is 9.21. The van der Waals surface area contributed by atoms with Crippen molar-refractivity contribution >= 4 is 49.2 Å². The first-order chi connectivity index (χ1) is 2.27. The van der Waals surface area contributed by atoms with Gasteiger partial charge < -0.3 is 9.90 Å². The summed E-state index contributed by atoms with van der Waals surface area (Å²) in [5.74, 6) is -1.08. The molecule has 2 nitrogen and oxygen atoms in total. The van der Waals surface area contributed by atoms with E-state index in [1.165, 1.54) is 0 Å². The van der Waals surface area contributed by atoms with Crippen LogP contribution in [0.1, 0.15) is 0 Å². The fourth-order valence-corrected chi connectivity index (χ4v) is 0. The Morgan fingerprint density at radius 3 is 2.00 bits per heavy atom. The van der Waals surface area contributed by atoms with Crippen LogP contribution in [0.25, 0.3) is 0 Å². The van der Waals surface area contributed by atoms with Gasteiger partial charge in [0.15, 0.2) is 0 Å². The number of halogens is 1. The molecule has 0 aromatic carbocycles. The van der Waals surface area contributed by atoms with Gasteiger partial charge in [0.1, 0.15) is 0 Å². The maximum absolute atomic E-state index is 9.21. The molecule has 0 saturated carbocycles. The van der Waals surface area contributed by atoms with E-state index in [-0.39, 0.29) is 32.6 Å². The Balaban J connectivity index is 0. The normalized spacial score (nSPS) is 6.17. The van der Waals surface area contributed by atoms with Crippen molar-refractivity contribution in [2.24, 2.45) is 0 Å². The summed E-state index contributed by atoms with van der Waals surface area (Å²) in [5, 5.41) is 9.13. The van der Waals surface area contributed by atoms with Crippen molar-refractivity contribution in [1.82, 2.24) is 0 Å². The molecular formula is C2H2BrO2Tl. The summed E-state index contributed by atoms with van der Waals surface area (Å²) in [6.07, 6.45) is 0. The van der Waals surface area contributed by atoms with Gasteiger partial charge in [-0.05, 0) is 0 Å². The van der Waals surface area contributed by atoms with Crippen LogP contribution in [0.4, 0.5) is 0 Å². The van der Waals surface area contributed by atoms with Gasteiger partial charge in [-0.3, -0.25) is 0 Å². The van der Waals surface area contributed by atoms with Crippen LogP contribution in [0.5, 0.6) is 0 Å². The summed E-state index contributed by atoms with van der Waals surface area (Å²) >= 11 is 2.65. The van der Waals surface area contributed by atoms with Crippen LogP contribution in [-0.4, -0.2) is 38.6 Å². The topological polar surface area (TPSA) is 40.1 Å². The first-order valence-electron chi connectivity index (χ1n) is 1.03. The maximum Gasteiger partial charge on any atom is 1.00 e. The fraction of sp³-hybridized carbons (Fsp3) is 0.500. The molecule has 0 aliphatic heterocycles. The second-order valence-electron chi connectivity index (χ2n) is 0.506. The molecule has 0 heterocycles. The summed E-state index contributed by atoms with van der Waals surface area (Å²) < 4.78 is 0. The molecule has 0 aromatic heterocycles. The smallest absolute Gasteiger partial charge is 0.549 e. The van der Waals surface area contributed by atoms with Crippen LogP contribution in [0, 0.1) is 0 Å². The number of carbonyl (C=O) groups is 1. The molecule has 4 heteroatoms. The van der Waals surface area contributed by atoms with Crippen molar-refractivity contribution in [3.63, 3.8) is 0 Å². The minimum Gasteiger partial charge on any atom is -0.549 e. The predicted molar refractivity (Wildman–Crippen MR) is 24.6 cm³/mol. The van der Waals surface area contributed by atoms with E-state index in [1.807, 2.05) is 0 Å². The fourth-order valence-electron chi connectivity index (χ4n) is 0. The molecule has 0 aromatic rings. The van der Waals surface area contributed by atoms with E-state index in [0.29, 0.717) is 0 Å².